The summed E-state index contributed by atoms with van der Waals surface area (Å²) in [6, 6.07) is 2.33. The minimum Gasteiger partial charge on any atom is -0.368 e. The second-order valence-corrected chi connectivity index (χ2v) is 6.75. The van der Waals surface area contributed by atoms with Crippen LogP contribution in [0.15, 0.2) is 16.7 Å². The maximum atomic E-state index is 5.88. The van der Waals surface area contributed by atoms with E-state index in [1.54, 1.807) is 6.20 Å². The fourth-order valence-corrected chi connectivity index (χ4v) is 3.14. The van der Waals surface area contributed by atoms with Crippen molar-refractivity contribution >= 4 is 33.3 Å². The molecule has 1 saturated heterocycles. The molecule has 0 radical (unpaired) electrons. The summed E-state index contributed by atoms with van der Waals surface area (Å²) < 4.78 is 0.906. The Labute approximate surface area is 122 Å². The van der Waals surface area contributed by atoms with Crippen LogP contribution >= 0.6 is 27.5 Å². The number of aromatic nitrogens is 1. The first kappa shape index (κ1) is 14.1. The Morgan fingerprint density at radius 1 is 1.61 bits per heavy atom. The van der Waals surface area contributed by atoms with E-state index in [0.717, 1.165) is 23.4 Å². The Bertz CT molecular complexity index is 423. The average molecular weight is 333 g/mol. The van der Waals surface area contributed by atoms with Gasteiger partial charge in [-0.1, -0.05) is 25.4 Å². The molecule has 18 heavy (non-hydrogen) atoms. The molecule has 0 bridgehead atoms. The summed E-state index contributed by atoms with van der Waals surface area (Å²) in [6.45, 7) is 6.61. The number of hydrogen-bond donors (Lipinski definition) is 2. The highest BCUT2D eigenvalue weighted by Crippen LogP contribution is 2.30. The van der Waals surface area contributed by atoms with Crippen LogP contribution in [0.3, 0.4) is 0 Å². The zero-order valence-corrected chi connectivity index (χ0v) is 13.1. The number of piperidine rings is 1. The molecule has 2 N–H and O–H groups in total. The van der Waals surface area contributed by atoms with Gasteiger partial charge in [-0.05, 0) is 46.8 Å². The highest BCUT2D eigenvalue weighted by atomic mass is 79.9. The minimum absolute atomic E-state index is 0.324. The first-order valence-corrected chi connectivity index (χ1v) is 7.44. The van der Waals surface area contributed by atoms with Gasteiger partial charge in [0.25, 0.3) is 0 Å². The molecule has 1 aliphatic heterocycles. The van der Waals surface area contributed by atoms with Crippen LogP contribution in [0.2, 0.25) is 5.02 Å². The predicted octanol–water partition coefficient (Wildman–Crippen LogP) is 3.69. The molecule has 3 nitrogen and oxygen atoms in total. The van der Waals surface area contributed by atoms with Crippen LogP contribution in [0.5, 0.6) is 0 Å². The second kappa shape index (κ2) is 5.76. The van der Waals surface area contributed by atoms with Crippen LogP contribution in [0, 0.1) is 5.41 Å². The number of halogens is 2. The first-order valence-electron chi connectivity index (χ1n) is 6.27. The fourth-order valence-electron chi connectivity index (χ4n) is 2.36. The lowest BCUT2D eigenvalue weighted by Crippen LogP contribution is -2.50. The Morgan fingerprint density at radius 3 is 3.06 bits per heavy atom. The van der Waals surface area contributed by atoms with Crippen LogP contribution in [-0.2, 0) is 0 Å². The van der Waals surface area contributed by atoms with E-state index in [-0.39, 0.29) is 0 Å². The zero-order valence-electron chi connectivity index (χ0n) is 10.8. The average Bonchev–Trinajstić information content (AvgIpc) is 2.29. The highest BCUT2D eigenvalue weighted by Gasteiger charge is 2.31. The second-order valence-electron chi connectivity index (χ2n) is 5.46. The summed E-state index contributed by atoms with van der Waals surface area (Å²) in [7, 11) is 0. The van der Waals surface area contributed by atoms with Gasteiger partial charge in [0.2, 0.25) is 0 Å². The van der Waals surface area contributed by atoms with E-state index in [1.165, 1.54) is 12.8 Å². The van der Waals surface area contributed by atoms with Crippen molar-refractivity contribution in [1.82, 2.24) is 10.3 Å². The summed E-state index contributed by atoms with van der Waals surface area (Å²) in [5.74, 6) is 0.850. The standard InChI is InChI=1S/C13H19BrClN3/c1-13(2)4-3-5-16-11(13)8-18-12-10(14)6-9(15)7-17-12/h6-7,11,16H,3-5,8H2,1-2H3,(H,17,18). The van der Waals surface area contributed by atoms with E-state index in [2.05, 4.69) is 45.4 Å². The van der Waals surface area contributed by atoms with Crippen LogP contribution in [-0.4, -0.2) is 24.1 Å². The predicted molar refractivity (Wildman–Crippen MR) is 80.2 cm³/mol. The Hall–Kier alpha value is -0.320. The molecule has 1 atom stereocenters. The molecule has 2 heterocycles. The Morgan fingerprint density at radius 2 is 2.39 bits per heavy atom. The summed E-state index contributed by atoms with van der Waals surface area (Å²) in [5.41, 5.74) is 0.324. The molecule has 2 rings (SSSR count). The number of rotatable bonds is 3. The van der Waals surface area contributed by atoms with Gasteiger partial charge in [-0.2, -0.15) is 0 Å². The highest BCUT2D eigenvalue weighted by molar-refractivity contribution is 9.10. The van der Waals surface area contributed by atoms with Gasteiger partial charge in [0.1, 0.15) is 5.82 Å². The van der Waals surface area contributed by atoms with E-state index in [4.69, 9.17) is 11.6 Å². The fraction of sp³-hybridized carbons (Fsp3) is 0.615. The third kappa shape index (κ3) is 3.37. The van der Waals surface area contributed by atoms with Crippen molar-refractivity contribution in [3.05, 3.63) is 21.8 Å². The van der Waals surface area contributed by atoms with Gasteiger partial charge in [0.05, 0.1) is 9.50 Å². The van der Waals surface area contributed by atoms with E-state index >= 15 is 0 Å². The van der Waals surface area contributed by atoms with Gasteiger partial charge >= 0.3 is 0 Å². The Kier molecular flexibility index (Phi) is 4.51. The van der Waals surface area contributed by atoms with Crippen LogP contribution in [0.4, 0.5) is 5.82 Å². The largest absolute Gasteiger partial charge is 0.368 e. The number of nitrogens with one attached hydrogen (secondary N) is 2. The molecule has 1 fully saturated rings. The van der Waals surface area contributed by atoms with Crippen LogP contribution in [0.25, 0.3) is 0 Å². The van der Waals surface area contributed by atoms with Crippen molar-refractivity contribution in [1.29, 1.82) is 0 Å². The topological polar surface area (TPSA) is 37.0 Å². The molecule has 1 aromatic heterocycles. The molecule has 0 aromatic carbocycles. The van der Waals surface area contributed by atoms with Gasteiger partial charge in [0, 0.05) is 18.8 Å². The first-order chi connectivity index (χ1) is 8.49. The summed E-state index contributed by atoms with van der Waals surface area (Å²) in [5, 5.41) is 7.61. The molecular formula is C13H19BrClN3. The van der Waals surface area contributed by atoms with E-state index in [9.17, 15) is 0 Å². The van der Waals surface area contributed by atoms with E-state index in [1.807, 2.05) is 6.07 Å². The van der Waals surface area contributed by atoms with E-state index in [0.29, 0.717) is 16.5 Å². The molecule has 1 aromatic rings. The van der Waals surface area contributed by atoms with Gasteiger partial charge in [-0.3, -0.25) is 0 Å². The van der Waals surface area contributed by atoms with Gasteiger partial charge in [-0.25, -0.2) is 4.98 Å². The Balaban J connectivity index is 1.98. The summed E-state index contributed by atoms with van der Waals surface area (Å²) in [6.07, 6.45) is 4.18. The quantitative estimate of drug-likeness (QED) is 0.886. The molecule has 0 amide bonds. The minimum atomic E-state index is 0.324. The lowest BCUT2D eigenvalue weighted by atomic mass is 9.77. The molecule has 0 spiro atoms. The zero-order chi connectivity index (χ0) is 13.2. The van der Waals surface area contributed by atoms with Crippen molar-refractivity contribution in [2.75, 3.05) is 18.4 Å². The van der Waals surface area contributed by atoms with Crippen molar-refractivity contribution < 1.29 is 0 Å². The monoisotopic (exact) mass is 331 g/mol. The maximum absolute atomic E-state index is 5.88. The normalized spacial score (nSPS) is 22.8. The lowest BCUT2D eigenvalue weighted by Gasteiger charge is -2.39. The molecule has 0 aliphatic carbocycles. The van der Waals surface area contributed by atoms with Crippen molar-refractivity contribution in [2.24, 2.45) is 5.41 Å². The molecule has 1 aliphatic rings. The smallest absolute Gasteiger partial charge is 0.140 e. The summed E-state index contributed by atoms with van der Waals surface area (Å²) >= 11 is 9.35. The number of anilines is 1. The summed E-state index contributed by atoms with van der Waals surface area (Å²) in [4.78, 5) is 4.29. The van der Waals surface area contributed by atoms with Crippen molar-refractivity contribution in [3.8, 4) is 0 Å². The van der Waals surface area contributed by atoms with Gasteiger partial charge < -0.3 is 10.6 Å². The third-order valence-electron chi connectivity index (χ3n) is 3.61. The molecule has 100 valence electrons. The van der Waals surface area contributed by atoms with Crippen molar-refractivity contribution in [2.45, 2.75) is 32.7 Å². The van der Waals surface area contributed by atoms with E-state index < -0.39 is 0 Å². The van der Waals surface area contributed by atoms with Gasteiger partial charge in [0.15, 0.2) is 0 Å². The lowest BCUT2D eigenvalue weighted by molar-refractivity contribution is 0.188. The molecular weight excluding hydrogens is 314 g/mol. The number of nitrogens with zero attached hydrogens (tertiary/aromatic N) is 1. The SMILES string of the molecule is CC1(C)CCCNC1CNc1ncc(Cl)cc1Br. The van der Waals surface area contributed by atoms with Crippen LogP contribution in [0.1, 0.15) is 26.7 Å². The maximum Gasteiger partial charge on any atom is 0.140 e. The number of hydrogen-bond acceptors (Lipinski definition) is 3. The van der Waals surface area contributed by atoms with Crippen molar-refractivity contribution in [3.63, 3.8) is 0 Å². The van der Waals surface area contributed by atoms with Crippen LogP contribution < -0.4 is 10.6 Å². The molecule has 1 unspecified atom stereocenters. The molecule has 0 saturated carbocycles. The third-order valence-corrected chi connectivity index (χ3v) is 4.42. The molecule has 5 heteroatoms. The van der Waals surface area contributed by atoms with Gasteiger partial charge in [-0.15, -0.1) is 0 Å². The number of pyridine rings is 1.